The fraction of sp³-hybridized carbons (Fsp3) is 0.160. The highest BCUT2D eigenvalue weighted by molar-refractivity contribution is 7.89. The quantitative estimate of drug-likeness (QED) is 0.403. The van der Waals surface area contributed by atoms with Gasteiger partial charge in [0, 0.05) is 11.6 Å². The number of nitrogens with zero attached hydrogens (tertiary/aromatic N) is 3. The number of carbonyl (C=O) groups is 1. The molecule has 3 aromatic carbocycles. The van der Waals surface area contributed by atoms with Crippen LogP contribution in [0.15, 0.2) is 96.4 Å². The van der Waals surface area contributed by atoms with Crippen LogP contribution in [-0.4, -0.2) is 29.1 Å². The smallest absolute Gasteiger partial charge is 0.251 e. The van der Waals surface area contributed by atoms with Gasteiger partial charge in [0.25, 0.3) is 5.91 Å². The largest absolute Gasteiger partial charge is 0.346 e. The first-order valence-electron chi connectivity index (χ1n) is 10.8. The first-order valence-corrected chi connectivity index (χ1v) is 12.2. The van der Waals surface area contributed by atoms with Crippen LogP contribution in [0.4, 0.5) is 0 Å². The number of sulfonamides is 1. The van der Waals surface area contributed by atoms with E-state index in [9.17, 15) is 13.2 Å². The van der Waals surface area contributed by atoms with Crippen molar-refractivity contribution in [3.8, 4) is 5.69 Å². The SMILES string of the molecule is C[C@H](NS(=O)(=O)c1cccc(C(=O)N[C@H](C)c2ccc(-n3cncn3)cc2)c1)c1ccccc1. The Hall–Kier alpha value is -3.82. The van der Waals surface area contributed by atoms with E-state index in [-0.39, 0.29) is 22.4 Å². The van der Waals surface area contributed by atoms with Crippen molar-refractivity contribution in [3.05, 3.63) is 108 Å². The second-order valence-electron chi connectivity index (χ2n) is 7.91. The summed E-state index contributed by atoms with van der Waals surface area (Å²) in [5, 5.41) is 7.02. The van der Waals surface area contributed by atoms with Gasteiger partial charge in [-0.05, 0) is 55.3 Å². The van der Waals surface area contributed by atoms with Crippen LogP contribution in [-0.2, 0) is 10.0 Å². The highest BCUT2D eigenvalue weighted by Gasteiger charge is 2.20. The average Bonchev–Trinajstić information content (AvgIpc) is 3.39. The first kappa shape index (κ1) is 23.3. The predicted molar refractivity (Wildman–Crippen MR) is 129 cm³/mol. The molecule has 0 fully saturated rings. The molecule has 8 nitrogen and oxygen atoms in total. The molecular weight excluding hydrogens is 450 g/mol. The van der Waals surface area contributed by atoms with Crippen molar-refractivity contribution in [2.75, 3.05) is 0 Å². The molecule has 174 valence electrons. The molecule has 2 atom stereocenters. The number of nitrogens with one attached hydrogen (secondary N) is 2. The van der Waals surface area contributed by atoms with Gasteiger partial charge in [0.05, 0.1) is 16.6 Å². The molecule has 9 heteroatoms. The van der Waals surface area contributed by atoms with E-state index in [4.69, 9.17) is 0 Å². The summed E-state index contributed by atoms with van der Waals surface area (Å²) >= 11 is 0. The van der Waals surface area contributed by atoms with Crippen LogP contribution < -0.4 is 10.0 Å². The highest BCUT2D eigenvalue weighted by atomic mass is 32.2. The summed E-state index contributed by atoms with van der Waals surface area (Å²) in [5.74, 6) is -0.360. The van der Waals surface area contributed by atoms with Gasteiger partial charge in [-0.3, -0.25) is 4.79 Å². The van der Waals surface area contributed by atoms with Crippen molar-refractivity contribution < 1.29 is 13.2 Å². The van der Waals surface area contributed by atoms with Crippen LogP contribution >= 0.6 is 0 Å². The van der Waals surface area contributed by atoms with Crippen LogP contribution in [0.25, 0.3) is 5.69 Å². The van der Waals surface area contributed by atoms with Crippen LogP contribution in [0.1, 0.15) is 47.4 Å². The first-order chi connectivity index (χ1) is 16.3. The molecule has 0 spiro atoms. The van der Waals surface area contributed by atoms with Gasteiger partial charge >= 0.3 is 0 Å². The number of hydrogen-bond acceptors (Lipinski definition) is 5. The van der Waals surface area contributed by atoms with Gasteiger partial charge in [0.2, 0.25) is 10.0 Å². The third-order valence-electron chi connectivity index (χ3n) is 5.46. The molecule has 0 bridgehead atoms. The predicted octanol–water partition coefficient (Wildman–Crippen LogP) is 3.80. The van der Waals surface area contributed by atoms with Gasteiger partial charge in [0.15, 0.2) is 0 Å². The molecule has 0 unspecified atom stereocenters. The Bertz CT molecular complexity index is 1360. The van der Waals surface area contributed by atoms with Gasteiger partial charge in [-0.25, -0.2) is 22.8 Å². The summed E-state index contributed by atoms with van der Waals surface area (Å²) in [6.07, 6.45) is 3.07. The Morgan fingerprint density at radius 2 is 1.59 bits per heavy atom. The monoisotopic (exact) mass is 475 g/mol. The number of aromatic nitrogens is 3. The Labute approximate surface area is 198 Å². The number of hydrogen-bond donors (Lipinski definition) is 2. The third-order valence-corrected chi connectivity index (χ3v) is 7.00. The lowest BCUT2D eigenvalue weighted by molar-refractivity contribution is 0.0939. The van der Waals surface area contributed by atoms with E-state index in [0.717, 1.165) is 16.8 Å². The molecule has 4 rings (SSSR count). The number of carbonyl (C=O) groups excluding carboxylic acids is 1. The van der Waals surface area contributed by atoms with Gasteiger partial charge in [-0.1, -0.05) is 48.5 Å². The molecular formula is C25H25N5O3S. The lowest BCUT2D eigenvalue weighted by Crippen LogP contribution is -2.28. The maximum atomic E-state index is 12.9. The Morgan fingerprint density at radius 1 is 0.882 bits per heavy atom. The van der Waals surface area contributed by atoms with Crippen LogP contribution in [0.3, 0.4) is 0 Å². The molecule has 1 amide bonds. The zero-order valence-electron chi connectivity index (χ0n) is 18.8. The Kier molecular flexibility index (Phi) is 6.85. The molecule has 2 N–H and O–H groups in total. The zero-order valence-corrected chi connectivity index (χ0v) is 19.6. The third kappa shape index (κ3) is 5.38. The maximum Gasteiger partial charge on any atom is 0.251 e. The molecule has 4 aromatic rings. The van der Waals surface area contributed by atoms with Crippen molar-refractivity contribution in [2.24, 2.45) is 0 Å². The number of rotatable bonds is 8. The summed E-state index contributed by atoms with van der Waals surface area (Å²) in [6.45, 7) is 3.64. The van der Waals surface area contributed by atoms with Gasteiger partial charge in [-0.15, -0.1) is 0 Å². The average molecular weight is 476 g/mol. The lowest BCUT2D eigenvalue weighted by atomic mass is 10.1. The number of amides is 1. The molecule has 34 heavy (non-hydrogen) atoms. The molecule has 0 saturated carbocycles. The standard InChI is InChI=1S/C25H25N5O3S/c1-18(21-11-13-23(14-12-21)30-17-26-16-27-30)28-25(31)22-9-6-10-24(15-22)34(32,33)29-19(2)20-7-4-3-5-8-20/h3-19,29H,1-2H3,(H,28,31)/t18-,19+/m1/s1. The molecule has 1 aromatic heterocycles. The lowest BCUT2D eigenvalue weighted by Gasteiger charge is -2.17. The van der Waals surface area contributed by atoms with E-state index < -0.39 is 16.1 Å². The minimum atomic E-state index is -3.81. The van der Waals surface area contributed by atoms with Gasteiger partial charge in [0.1, 0.15) is 12.7 Å². The normalized spacial score (nSPS) is 13.2. The summed E-state index contributed by atoms with van der Waals surface area (Å²) in [7, 11) is -3.81. The summed E-state index contributed by atoms with van der Waals surface area (Å²) in [4.78, 5) is 16.8. The van der Waals surface area contributed by atoms with Crippen molar-refractivity contribution in [2.45, 2.75) is 30.8 Å². The molecule has 0 saturated heterocycles. The van der Waals surface area contributed by atoms with E-state index in [1.165, 1.54) is 18.5 Å². The van der Waals surface area contributed by atoms with Gasteiger partial charge in [-0.2, -0.15) is 5.10 Å². The Balaban J connectivity index is 1.45. The minimum Gasteiger partial charge on any atom is -0.346 e. The van der Waals surface area contributed by atoms with E-state index >= 15 is 0 Å². The highest BCUT2D eigenvalue weighted by Crippen LogP contribution is 2.19. The van der Waals surface area contributed by atoms with Crippen LogP contribution in [0.5, 0.6) is 0 Å². The Morgan fingerprint density at radius 3 is 2.26 bits per heavy atom. The fourth-order valence-electron chi connectivity index (χ4n) is 3.54. The summed E-state index contributed by atoms with van der Waals surface area (Å²) < 4.78 is 30.1. The van der Waals surface area contributed by atoms with Crippen LogP contribution in [0, 0.1) is 0 Å². The van der Waals surface area contributed by atoms with Crippen molar-refractivity contribution in [1.29, 1.82) is 0 Å². The van der Waals surface area contributed by atoms with Crippen molar-refractivity contribution in [3.63, 3.8) is 0 Å². The zero-order chi connectivity index (χ0) is 24.1. The second-order valence-corrected chi connectivity index (χ2v) is 9.62. The van der Waals surface area contributed by atoms with Gasteiger partial charge < -0.3 is 5.32 Å². The number of benzene rings is 3. The molecule has 0 aliphatic carbocycles. The fourth-order valence-corrected chi connectivity index (χ4v) is 4.81. The summed E-state index contributed by atoms with van der Waals surface area (Å²) in [5.41, 5.74) is 2.87. The van der Waals surface area contributed by atoms with Crippen LogP contribution in [0.2, 0.25) is 0 Å². The summed E-state index contributed by atoms with van der Waals surface area (Å²) in [6, 6.07) is 22.2. The molecule has 0 aliphatic heterocycles. The van der Waals surface area contributed by atoms with Crippen molar-refractivity contribution >= 4 is 15.9 Å². The molecule has 1 heterocycles. The maximum absolute atomic E-state index is 12.9. The molecule has 0 radical (unpaired) electrons. The topological polar surface area (TPSA) is 106 Å². The van der Waals surface area contributed by atoms with Crippen molar-refractivity contribution in [1.82, 2.24) is 24.8 Å². The van der Waals surface area contributed by atoms with E-state index in [1.54, 1.807) is 30.1 Å². The van der Waals surface area contributed by atoms with E-state index in [2.05, 4.69) is 20.1 Å². The molecule has 0 aliphatic rings. The van der Waals surface area contributed by atoms with E-state index in [1.807, 2.05) is 61.5 Å². The second kappa shape index (κ2) is 9.98. The van der Waals surface area contributed by atoms with E-state index in [0.29, 0.717) is 0 Å². The minimum absolute atomic E-state index is 0.0350.